The van der Waals surface area contributed by atoms with Gasteiger partial charge in [0.2, 0.25) is 0 Å². The molecule has 180 valence electrons. The van der Waals surface area contributed by atoms with E-state index >= 15 is 0 Å². The molecule has 0 unspecified atom stereocenters. The number of hydrogen-bond donors (Lipinski definition) is 5. The number of nitrogens with one attached hydrogen (secondary N) is 1. The van der Waals surface area contributed by atoms with Crippen molar-refractivity contribution in [3.63, 3.8) is 0 Å². The lowest BCUT2D eigenvalue weighted by Crippen LogP contribution is -2.59. The van der Waals surface area contributed by atoms with Gasteiger partial charge in [0.25, 0.3) is 5.91 Å². The number of hydrogen-bond acceptors (Lipinski definition) is 10. The third-order valence-corrected chi connectivity index (χ3v) is 5.98. The van der Waals surface area contributed by atoms with Gasteiger partial charge in [-0.1, -0.05) is 30.3 Å². The number of benzene rings is 1. The zero-order chi connectivity index (χ0) is 23.1. The highest BCUT2D eigenvalue weighted by molar-refractivity contribution is 5.13. The van der Waals surface area contributed by atoms with Gasteiger partial charge in [-0.25, -0.2) is 0 Å². The van der Waals surface area contributed by atoms with Crippen LogP contribution in [0.25, 0.3) is 0 Å². The van der Waals surface area contributed by atoms with Crippen molar-refractivity contribution in [2.24, 2.45) is 0 Å². The first-order valence-corrected chi connectivity index (χ1v) is 10.9. The van der Waals surface area contributed by atoms with E-state index in [9.17, 15) is 20.4 Å². The third-order valence-electron chi connectivity index (χ3n) is 5.98. The molecule has 0 spiro atoms. The minimum atomic E-state index is -1.55. The SMILES string of the molecule is C[C@@H](O)[C@H]1O[C@@]2(NC[C@H]3O[C@H](OCc4ccccc4)C[C@@H](O)[C@@H]3O)OC(C)(C)O[C@@H]2[C@H]1O. The minimum absolute atomic E-state index is 0.0125. The number of ether oxygens (including phenoxy) is 5. The first-order chi connectivity index (χ1) is 15.1. The van der Waals surface area contributed by atoms with Gasteiger partial charge in [0, 0.05) is 13.0 Å². The van der Waals surface area contributed by atoms with Crippen molar-refractivity contribution in [2.45, 2.75) is 94.5 Å². The zero-order valence-electron chi connectivity index (χ0n) is 18.5. The summed E-state index contributed by atoms with van der Waals surface area (Å²) in [6.45, 7) is 5.19. The summed E-state index contributed by atoms with van der Waals surface area (Å²) < 4.78 is 29.3. The smallest absolute Gasteiger partial charge is 0.260 e. The molecule has 0 radical (unpaired) electrons. The van der Waals surface area contributed by atoms with E-state index in [1.165, 1.54) is 6.92 Å². The lowest BCUT2D eigenvalue weighted by Gasteiger charge is -2.39. The number of fused-ring (bicyclic) bond motifs is 1. The summed E-state index contributed by atoms with van der Waals surface area (Å²) in [5.41, 5.74) is 0.962. The van der Waals surface area contributed by atoms with Crippen LogP contribution in [0.2, 0.25) is 0 Å². The molecule has 0 aliphatic carbocycles. The Labute approximate surface area is 187 Å². The molecular formula is C22H33NO9. The fourth-order valence-electron chi connectivity index (χ4n) is 4.42. The Morgan fingerprint density at radius 3 is 2.53 bits per heavy atom. The largest absolute Gasteiger partial charge is 0.391 e. The van der Waals surface area contributed by atoms with Crippen molar-refractivity contribution in [1.82, 2.24) is 5.32 Å². The molecule has 9 atom stereocenters. The van der Waals surface area contributed by atoms with Gasteiger partial charge in [0.1, 0.15) is 24.4 Å². The standard InChI is InChI=1S/C22H33NO9/c1-12(24)19-18(27)20-22(30-19,32-21(2,3)31-20)23-10-15-17(26)14(25)9-16(29-15)28-11-13-7-5-4-6-8-13/h4-8,12,14-20,23-27H,9-11H2,1-3H3/t12-,14-,15-,16+,17+,18+,19-,20-,22-/m1/s1. The summed E-state index contributed by atoms with van der Waals surface area (Å²) in [5, 5.41) is 44.4. The van der Waals surface area contributed by atoms with Crippen molar-refractivity contribution < 1.29 is 44.1 Å². The Morgan fingerprint density at radius 2 is 1.84 bits per heavy atom. The third kappa shape index (κ3) is 4.85. The number of aliphatic hydroxyl groups excluding tert-OH is 4. The van der Waals surface area contributed by atoms with E-state index in [-0.39, 0.29) is 13.0 Å². The molecule has 1 aromatic rings. The number of rotatable bonds is 7. The molecule has 32 heavy (non-hydrogen) atoms. The van der Waals surface area contributed by atoms with Crippen LogP contribution in [-0.2, 0) is 30.3 Å². The molecule has 0 saturated carbocycles. The highest BCUT2D eigenvalue weighted by Gasteiger charge is 2.65. The molecule has 3 fully saturated rings. The van der Waals surface area contributed by atoms with E-state index < -0.39 is 60.7 Å². The van der Waals surface area contributed by atoms with E-state index in [2.05, 4.69) is 5.32 Å². The van der Waals surface area contributed by atoms with Crippen LogP contribution in [0.1, 0.15) is 32.8 Å². The lowest BCUT2D eigenvalue weighted by atomic mass is 10.0. The Morgan fingerprint density at radius 1 is 1.12 bits per heavy atom. The summed E-state index contributed by atoms with van der Waals surface area (Å²) in [6, 6.07) is 9.57. The first-order valence-electron chi connectivity index (χ1n) is 10.9. The van der Waals surface area contributed by atoms with E-state index in [1.54, 1.807) is 13.8 Å². The Hall–Kier alpha value is -1.18. The van der Waals surface area contributed by atoms with Crippen molar-refractivity contribution in [3.8, 4) is 0 Å². The summed E-state index contributed by atoms with van der Waals surface area (Å²) >= 11 is 0. The van der Waals surface area contributed by atoms with Crippen LogP contribution in [0, 0.1) is 0 Å². The van der Waals surface area contributed by atoms with Gasteiger partial charge in [-0.15, -0.1) is 0 Å². The quantitative estimate of drug-likeness (QED) is 0.368. The van der Waals surface area contributed by atoms with E-state index in [1.807, 2.05) is 30.3 Å². The molecule has 10 heteroatoms. The normalized spacial score (nSPS) is 42.0. The average Bonchev–Trinajstić information content (AvgIpc) is 3.16. The van der Waals surface area contributed by atoms with E-state index in [0.717, 1.165) is 5.56 Å². The van der Waals surface area contributed by atoms with Gasteiger partial charge in [0.15, 0.2) is 18.2 Å². The molecule has 4 rings (SSSR count). The van der Waals surface area contributed by atoms with Crippen molar-refractivity contribution in [2.75, 3.05) is 6.54 Å². The van der Waals surface area contributed by atoms with Crippen LogP contribution in [-0.4, -0.2) is 87.7 Å². The van der Waals surface area contributed by atoms with E-state index in [4.69, 9.17) is 23.7 Å². The van der Waals surface area contributed by atoms with Gasteiger partial charge in [-0.2, -0.15) is 0 Å². The second kappa shape index (κ2) is 9.22. The Bertz CT molecular complexity index is 763. The van der Waals surface area contributed by atoms with Crippen LogP contribution < -0.4 is 5.32 Å². The first kappa shape index (κ1) is 24.0. The summed E-state index contributed by atoms with van der Waals surface area (Å²) in [6.07, 6.45) is -7.55. The summed E-state index contributed by atoms with van der Waals surface area (Å²) in [7, 11) is 0. The molecule has 1 aromatic carbocycles. The van der Waals surface area contributed by atoms with Crippen LogP contribution in [0.15, 0.2) is 30.3 Å². The van der Waals surface area contributed by atoms with Crippen LogP contribution in [0.3, 0.4) is 0 Å². The molecule has 0 amide bonds. The number of aliphatic hydroxyl groups is 4. The fourth-order valence-corrected chi connectivity index (χ4v) is 4.42. The lowest BCUT2D eigenvalue weighted by molar-refractivity contribution is -0.292. The average molecular weight is 456 g/mol. The van der Waals surface area contributed by atoms with Gasteiger partial charge in [0.05, 0.1) is 18.8 Å². The van der Waals surface area contributed by atoms with E-state index in [0.29, 0.717) is 6.61 Å². The molecule has 0 bridgehead atoms. The monoisotopic (exact) mass is 455 g/mol. The molecule has 3 aliphatic heterocycles. The molecule has 5 N–H and O–H groups in total. The highest BCUT2D eigenvalue weighted by atomic mass is 16.9. The molecule has 3 heterocycles. The van der Waals surface area contributed by atoms with Crippen LogP contribution in [0.5, 0.6) is 0 Å². The van der Waals surface area contributed by atoms with Crippen molar-refractivity contribution in [1.29, 1.82) is 0 Å². The molecule has 3 saturated heterocycles. The maximum Gasteiger partial charge on any atom is 0.260 e. The molecule has 3 aliphatic rings. The topological polar surface area (TPSA) is 139 Å². The van der Waals surface area contributed by atoms with Crippen molar-refractivity contribution in [3.05, 3.63) is 35.9 Å². The summed E-state index contributed by atoms with van der Waals surface area (Å²) in [4.78, 5) is 0. The predicted molar refractivity (Wildman–Crippen MR) is 110 cm³/mol. The maximum absolute atomic E-state index is 10.6. The van der Waals surface area contributed by atoms with Gasteiger partial charge in [-0.3, -0.25) is 5.32 Å². The van der Waals surface area contributed by atoms with Crippen LogP contribution >= 0.6 is 0 Å². The van der Waals surface area contributed by atoms with Crippen molar-refractivity contribution >= 4 is 0 Å². The fraction of sp³-hybridized carbons (Fsp3) is 0.727. The van der Waals surface area contributed by atoms with Gasteiger partial charge >= 0.3 is 0 Å². The Kier molecular flexibility index (Phi) is 6.91. The highest BCUT2D eigenvalue weighted by Crippen LogP contribution is 2.44. The second-order valence-electron chi connectivity index (χ2n) is 9.10. The van der Waals surface area contributed by atoms with Gasteiger partial charge in [-0.05, 0) is 26.3 Å². The van der Waals surface area contributed by atoms with Crippen LogP contribution in [0.4, 0.5) is 0 Å². The zero-order valence-corrected chi connectivity index (χ0v) is 18.5. The Balaban J connectivity index is 1.41. The minimum Gasteiger partial charge on any atom is -0.391 e. The second-order valence-corrected chi connectivity index (χ2v) is 9.10. The van der Waals surface area contributed by atoms with Gasteiger partial charge < -0.3 is 44.1 Å². The summed E-state index contributed by atoms with van der Waals surface area (Å²) in [5.74, 6) is -2.59. The molecular weight excluding hydrogens is 422 g/mol. The molecule has 0 aromatic heterocycles. The maximum atomic E-state index is 10.6. The predicted octanol–water partition coefficient (Wildman–Crippen LogP) is -0.425. The molecule has 10 nitrogen and oxygen atoms in total.